The molecule has 3 amide bonds. The van der Waals surface area contributed by atoms with E-state index in [1.165, 1.54) is 18.7 Å². The summed E-state index contributed by atoms with van der Waals surface area (Å²) < 4.78 is 5.89. The van der Waals surface area contributed by atoms with Gasteiger partial charge < -0.3 is 15.0 Å². The SMILES string of the molecule is CC(=O)NC1=NN(C(C)=O)[C@]2(S1)C(=O)N(CCOc1ccccc1C)c1c(Cl)cccc12. The molecule has 2 aromatic carbocycles. The fourth-order valence-electron chi connectivity index (χ4n) is 3.80. The van der Waals surface area contributed by atoms with Gasteiger partial charge in [-0.05, 0) is 36.4 Å². The molecule has 0 unspecified atom stereocenters. The number of anilines is 1. The van der Waals surface area contributed by atoms with Gasteiger partial charge in [0.1, 0.15) is 12.4 Å². The van der Waals surface area contributed by atoms with Crippen LogP contribution in [0.25, 0.3) is 0 Å². The lowest BCUT2D eigenvalue weighted by Gasteiger charge is -2.29. The molecule has 0 fully saturated rings. The highest BCUT2D eigenvalue weighted by Gasteiger charge is 2.61. The van der Waals surface area contributed by atoms with Crippen molar-refractivity contribution in [3.05, 3.63) is 58.6 Å². The molecule has 0 bridgehead atoms. The van der Waals surface area contributed by atoms with Crippen molar-refractivity contribution in [3.63, 3.8) is 0 Å². The lowest BCUT2D eigenvalue weighted by atomic mass is 10.1. The molecule has 0 saturated carbocycles. The van der Waals surface area contributed by atoms with Crippen LogP contribution in [0.2, 0.25) is 5.02 Å². The summed E-state index contributed by atoms with van der Waals surface area (Å²) in [5.41, 5.74) is 2.03. The molecule has 10 heteroatoms. The van der Waals surface area contributed by atoms with Gasteiger partial charge in [0.25, 0.3) is 5.91 Å². The zero-order chi connectivity index (χ0) is 23.0. The Bertz CT molecular complexity index is 1150. The Morgan fingerprint density at radius 2 is 1.94 bits per heavy atom. The van der Waals surface area contributed by atoms with Gasteiger partial charge in [0.05, 0.1) is 17.3 Å². The summed E-state index contributed by atoms with van der Waals surface area (Å²) in [4.78, 5) is 37.9. The molecule has 0 aliphatic carbocycles. The Balaban J connectivity index is 1.68. The molecule has 0 radical (unpaired) electrons. The summed E-state index contributed by atoms with van der Waals surface area (Å²) in [6.45, 7) is 5.04. The summed E-state index contributed by atoms with van der Waals surface area (Å²) in [7, 11) is 0. The number of carbonyl (C=O) groups is 3. The van der Waals surface area contributed by atoms with Crippen molar-refractivity contribution in [1.82, 2.24) is 10.3 Å². The molecule has 1 spiro atoms. The van der Waals surface area contributed by atoms with E-state index in [2.05, 4.69) is 10.4 Å². The summed E-state index contributed by atoms with van der Waals surface area (Å²) in [6.07, 6.45) is 0. The maximum Gasteiger partial charge on any atom is 0.270 e. The second kappa shape index (κ2) is 8.48. The van der Waals surface area contributed by atoms with Crippen molar-refractivity contribution in [1.29, 1.82) is 0 Å². The normalized spacial score (nSPS) is 19.2. The predicted molar refractivity (Wildman–Crippen MR) is 124 cm³/mol. The van der Waals surface area contributed by atoms with Crippen LogP contribution in [0.4, 0.5) is 5.69 Å². The first-order valence-electron chi connectivity index (χ1n) is 9.91. The van der Waals surface area contributed by atoms with Crippen molar-refractivity contribution in [2.45, 2.75) is 25.6 Å². The third-order valence-corrected chi connectivity index (χ3v) is 6.68. The van der Waals surface area contributed by atoms with Gasteiger partial charge in [-0.25, -0.2) is 0 Å². The Kier molecular flexibility index (Phi) is 5.87. The number of halogens is 1. The number of hydrazone groups is 1. The second-order valence-electron chi connectivity index (χ2n) is 7.37. The quantitative estimate of drug-likeness (QED) is 0.737. The number of benzene rings is 2. The average molecular weight is 473 g/mol. The highest BCUT2D eigenvalue weighted by molar-refractivity contribution is 8.15. The van der Waals surface area contributed by atoms with Gasteiger partial charge in [-0.2, -0.15) is 5.01 Å². The van der Waals surface area contributed by atoms with Crippen LogP contribution >= 0.6 is 23.4 Å². The van der Waals surface area contributed by atoms with E-state index < -0.39 is 10.8 Å². The number of nitrogens with zero attached hydrogens (tertiary/aromatic N) is 3. The zero-order valence-electron chi connectivity index (χ0n) is 17.7. The minimum absolute atomic E-state index is 0.171. The van der Waals surface area contributed by atoms with Crippen LogP contribution in [0.5, 0.6) is 5.75 Å². The van der Waals surface area contributed by atoms with Crippen molar-refractivity contribution < 1.29 is 19.1 Å². The minimum Gasteiger partial charge on any atom is -0.491 e. The van der Waals surface area contributed by atoms with E-state index in [1.807, 2.05) is 31.2 Å². The maximum absolute atomic E-state index is 13.8. The van der Waals surface area contributed by atoms with Gasteiger partial charge in [0.2, 0.25) is 16.7 Å². The lowest BCUT2D eigenvalue weighted by molar-refractivity contribution is -0.139. The van der Waals surface area contributed by atoms with Crippen molar-refractivity contribution in [2.24, 2.45) is 5.10 Å². The number of hydrogen-bond donors (Lipinski definition) is 1. The number of amides is 3. The molecule has 4 rings (SSSR count). The van der Waals surface area contributed by atoms with E-state index in [9.17, 15) is 14.4 Å². The fourth-order valence-corrected chi connectivity index (χ4v) is 5.40. The summed E-state index contributed by atoms with van der Waals surface area (Å²) in [6, 6.07) is 12.8. The summed E-state index contributed by atoms with van der Waals surface area (Å²) in [5.74, 6) is -0.435. The van der Waals surface area contributed by atoms with Crippen molar-refractivity contribution >= 4 is 51.9 Å². The number of carbonyl (C=O) groups excluding carboxylic acids is 3. The van der Waals surface area contributed by atoms with Crippen LogP contribution in [-0.2, 0) is 19.3 Å². The first-order chi connectivity index (χ1) is 15.3. The number of fused-ring (bicyclic) bond motifs is 2. The number of amidine groups is 1. The Hall–Kier alpha value is -3.04. The third kappa shape index (κ3) is 3.61. The molecular formula is C22H21ClN4O4S. The molecular weight excluding hydrogens is 452 g/mol. The monoisotopic (exact) mass is 472 g/mol. The first-order valence-corrected chi connectivity index (χ1v) is 11.1. The van der Waals surface area contributed by atoms with Gasteiger partial charge in [-0.1, -0.05) is 41.9 Å². The number of aryl methyl sites for hydroxylation is 1. The van der Waals surface area contributed by atoms with E-state index in [4.69, 9.17) is 16.3 Å². The van der Waals surface area contributed by atoms with E-state index in [0.29, 0.717) is 16.3 Å². The standard InChI is InChI=1S/C22H21ClN4O4S/c1-13-7-4-5-10-18(13)31-12-11-26-19-16(8-6-9-17(19)23)22(20(26)30)27(15(3)29)25-21(32-22)24-14(2)28/h4-10H,11-12H2,1-3H3,(H,24,25,28)/t22-/m1/s1. The van der Waals surface area contributed by atoms with E-state index in [1.54, 1.807) is 18.2 Å². The fraction of sp³-hybridized carbons (Fsp3) is 0.273. The van der Waals surface area contributed by atoms with Gasteiger partial charge in [-0.3, -0.25) is 14.4 Å². The molecule has 2 aliphatic rings. The molecule has 0 aromatic heterocycles. The van der Waals surface area contributed by atoms with Crippen LogP contribution in [0.3, 0.4) is 0 Å². The van der Waals surface area contributed by atoms with Crippen LogP contribution < -0.4 is 15.0 Å². The third-order valence-electron chi connectivity index (χ3n) is 5.14. The molecule has 2 aliphatic heterocycles. The van der Waals surface area contributed by atoms with E-state index in [0.717, 1.165) is 28.1 Å². The largest absolute Gasteiger partial charge is 0.491 e. The van der Waals surface area contributed by atoms with Crippen LogP contribution in [-0.4, -0.2) is 41.0 Å². The van der Waals surface area contributed by atoms with E-state index >= 15 is 0 Å². The van der Waals surface area contributed by atoms with Crippen molar-refractivity contribution in [2.75, 3.05) is 18.1 Å². The zero-order valence-corrected chi connectivity index (χ0v) is 19.3. The van der Waals surface area contributed by atoms with Crippen LogP contribution in [0.1, 0.15) is 25.0 Å². The number of hydrogen-bond acceptors (Lipinski definition) is 6. The molecule has 1 atom stereocenters. The Labute approximate surface area is 194 Å². The van der Waals surface area contributed by atoms with Crippen molar-refractivity contribution in [3.8, 4) is 5.75 Å². The van der Waals surface area contributed by atoms with Crippen LogP contribution in [0.15, 0.2) is 47.6 Å². The molecule has 2 heterocycles. The highest BCUT2D eigenvalue weighted by atomic mass is 35.5. The van der Waals surface area contributed by atoms with E-state index in [-0.39, 0.29) is 30.1 Å². The topological polar surface area (TPSA) is 91.3 Å². The molecule has 8 nitrogen and oxygen atoms in total. The lowest BCUT2D eigenvalue weighted by Crippen LogP contribution is -2.49. The van der Waals surface area contributed by atoms with Gasteiger partial charge >= 0.3 is 0 Å². The number of ether oxygens (including phenoxy) is 1. The van der Waals surface area contributed by atoms with Gasteiger partial charge in [0, 0.05) is 19.4 Å². The Morgan fingerprint density at radius 1 is 1.19 bits per heavy atom. The molecule has 32 heavy (non-hydrogen) atoms. The average Bonchev–Trinajstić information content (AvgIpc) is 3.22. The minimum atomic E-state index is -1.48. The molecule has 1 N–H and O–H groups in total. The molecule has 166 valence electrons. The van der Waals surface area contributed by atoms with Gasteiger partial charge in [-0.15, -0.1) is 5.10 Å². The van der Waals surface area contributed by atoms with Crippen LogP contribution in [0, 0.1) is 6.92 Å². The Morgan fingerprint density at radius 3 is 2.62 bits per heavy atom. The van der Waals surface area contributed by atoms with Gasteiger partial charge in [0.15, 0.2) is 5.17 Å². The summed E-state index contributed by atoms with van der Waals surface area (Å²) in [5, 5.41) is 8.47. The second-order valence-corrected chi connectivity index (χ2v) is 8.96. The highest BCUT2D eigenvalue weighted by Crippen LogP contribution is 2.56. The number of rotatable bonds is 4. The summed E-state index contributed by atoms with van der Waals surface area (Å²) >= 11 is 7.52. The predicted octanol–water partition coefficient (Wildman–Crippen LogP) is 3.23. The first kappa shape index (κ1) is 22.2. The number of para-hydroxylation sites is 2. The molecule has 0 saturated heterocycles. The maximum atomic E-state index is 13.8. The number of thioether (sulfide) groups is 1. The smallest absolute Gasteiger partial charge is 0.270 e. The molecule has 2 aromatic rings. The number of nitrogens with one attached hydrogen (secondary N) is 1.